The molecule has 0 spiro atoms. The second-order valence-corrected chi connectivity index (χ2v) is 7.66. The highest BCUT2D eigenvalue weighted by Gasteiger charge is 2.18. The van der Waals surface area contributed by atoms with Crippen molar-refractivity contribution in [1.82, 2.24) is 5.32 Å². The summed E-state index contributed by atoms with van der Waals surface area (Å²) in [4.78, 5) is 1.35. The van der Waals surface area contributed by atoms with Gasteiger partial charge in [0.2, 0.25) is 0 Å². The fourth-order valence-electron chi connectivity index (χ4n) is 3.36. The van der Waals surface area contributed by atoms with Crippen LogP contribution in [0.2, 0.25) is 0 Å². The quantitative estimate of drug-likeness (QED) is 0.716. The van der Waals surface area contributed by atoms with E-state index in [0.29, 0.717) is 0 Å². The van der Waals surface area contributed by atoms with Crippen molar-refractivity contribution in [3.8, 4) is 0 Å². The summed E-state index contributed by atoms with van der Waals surface area (Å²) in [5.74, 6) is 0.786. The molecule has 3 rings (SSSR count). The van der Waals surface area contributed by atoms with Crippen LogP contribution < -0.4 is 5.32 Å². The van der Waals surface area contributed by atoms with Gasteiger partial charge in [-0.2, -0.15) is 0 Å². The van der Waals surface area contributed by atoms with Crippen LogP contribution in [0.4, 0.5) is 0 Å². The lowest BCUT2D eigenvalue weighted by Gasteiger charge is -2.23. The van der Waals surface area contributed by atoms with Crippen LogP contribution in [0.15, 0.2) is 40.2 Å². The number of hydrogen-bond acceptors (Lipinski definition) is 2. The minimum absolute atomic E-state index is 0.278. The molecule has 1 aromatic carbocycles. The Kier molecular flexibility index (Phi) is 5.15. The monoisotopic (exact) mass is 363 g/mol. The van der Waals surface area contributed by atoms with Gasteiger partial charge in [0.05, 0.1) is 6.04 Å². The molecule has 1 aromatic heterocycles. The lowest BCUT2D eigenvalue weighted by atomic mass is 9.83. The Morgan fingerprint density at radius 3 is 2.38 bits per heavy atom. The third-order valence-electron chi connectivity index (χ3n) is 4.54. The molecule has 112 valence electrons. The molecule has 0 radical (unpaired) electrons. The van der Waals surface area contributed by atoms with Crippen molar-refractivity contribution < 1.29 is 0 Å². The van der Waals surface area contributed by atoms with E-state index in [2.05, 4.69) is 57.0 Å². The number of hydrogen-bond donors (Lipinski definition) is 1. The van der Waals surface area contributed by atoms with E-state index in [0.717, 1.165) is 5.92 Å². The highest BCUT2D eigenvalue weighted by molar-refractivity contribution is 9.10. The van der Waals surface area contributed by atoms with Gasteiger partial charge in [-0.25, -0.2) is 0 Å². The maximum Gasteiger partial charge on any atom is 0.0680 e. The van der Waals surface area contributed by atoms with E-state index in [1.54, 1.807) is 11.3 Å². The Bertz CT molecular complexity index is 569. The normalized spacial score (nSPS) is 17.8. The molecule has 1 aliphatic carbocycles. The molecule has 21 heavy (non-hydrogen) atoms. The third-order valence-corrected chi connectivity index (χ3v) is 6.48. The smallest absolute Gasteiger partial charge is 0.0680 e. The van der Waals surface area contributed by atoms with Gasteiger partial charge in [0.1, 0.15) is 0 Å². The zero-order chi connectivity index (χ0) is 14.7. The molecule has 0 amide bonds. The summed E-state index contributed by atoms with van der Waals surface area (Å²) in [6.45, 7) is 0. The van der Waals surface area contributed by atoms with Gasteiger partial charge >= 0.3 is 0 Å². The van der Waals surface area contributed by atoms with E-state index in [1.165, 1.54) is 52.6 Å². The Balaban J connectivity index is 1.80. The molecule has 1 saturated carbocycles. The predicted octanol–water partition coefficient (Wildman–Crippen LogP) is 5.87. The molecular weight excluding hydrogens is 342 g/mol. The first-order valence-corrected chi connectivity index (χ1v) is 9.47. The molecule has 1 unspecified atom stereocenters. The van der Waals surface area contributed by atoms with E-state index in [-0.39, 0.29) is 6.04 Å². The van der Waals surface area contributed by atoms with Gasteiger partial charge in [-0.3, -0.25) is 0 Å². The minimum atomic E-state index is 0.278. The average molecular weight is 364 g/mol. The highest BCUT2D eigenvalue weighted by atomic mass is 79.9. The minimum Gasteiger partial charge on any atom is -0.309 e. The third kappa shape index (κ3) is 3.41. The molecule has 1 nitrogen and oxygen atoms in total. The molecule has 1 heterocycles. The van der Waals surface area contributed by atoms with Crippen molar-refractivity contribution in [3.63, 3.8) is 0 Å². The highest BCUT2D eigenvalue weighted by Crippen LogP contribution is 2.35. The maximum absolute atomic E-state index is 3.65. The van der Waals surface area contributed by atoms with E-state index in [9.17, 15) is 0 Å². The first-order valence-electron chi connectivity index (χ1n) is 7.79. The lowest BCUT2D eigenvalue weighted by Crippen LogP contribution is -2.17. The van der Waals surface area contributed by atoms with E-state index in [1.807, 2.05) is 7.05 Å². The van der Waals surface area contributed by atoms with Gasteiger partial charge in [0.15, 0.2) is 0 Å². The predicted molar refractivity (Wildman–Crippen MR) is 95.2 cm³/mol. The largest absolute Gasteiger partial charge is 0.309 e. The summed E-state index contributed by atoms with van der Waals surface area (Å²) >= 11 is 5.45. The number of halogens is 1. The van der Waals surface area contributed by atoms with Crippen molar-refractivity contribution in [3.05, 3.63) is 56.2 Å². The molecule has 0 saturated heterocycles. The maximum atomic E-state index is 3.65. The van der Waals surface area contributed by atoms with Crippen molar-refractivity contribution >= 4 is 27.3 Å². The first-order chi connectivity index (χ1) is 10.3. The summed E-state index contributed by atoms with van der Waals surface area (Å²) in [7, 11) is 2.03. The number of benzene rings is 1. The molecule has 1 N–H and O–H groups in total. The second kappa shape index (κ2) is 7.08. The Morgan fingerprint density at radius 2 is 1.81 bits per heavy atom. The summed E-state index contributed by atoms with van der Waals surface area (Å²) in [6.07, 6.45) is 6.95. The summed E-state index contributed by atoms with van der Waals surface area (Å²) in [6, 6.07) is 11.7. The molecule has 1 atom stereocenters. The van der Waals surface area contributed by atoms with Gasteiger partial charge in [-0.1, -0.05) is 43.5 Å². The molecule has 0 bridgehead atoms. The fourth-order valence-corrected chi connectivity index (χ4v) is 5.09. The van der Waals surface area contributed by atoms with E-state index < -0.39 is 0 Å². The van der Waals surface area contributed by atoms with Gasteiger partial charge in [0.25, 0.3) is 0 Å². The van der Waals surface area contributed by atoms with Crippen LogP contribution >= 0.6 is 27.3 Å². The van der Waals surface area contributed by atoms with Gasteiger partial charge in [-0.15, -0.1) is 11.3 Å². The van der Waals surface area contributed by atoms with Gasteiger partial charge in [0, 0.05) is 9.35 Å². The van der Waals surface area contributed by atoms with Crippen LogP contribution in [-0.2, 0) is 0 Å². The summed E-state index contributed by atoms with van der Waals surface area (Å²) < 4.78 is 1.20. The topological polar surface area (TPSA) is 12.0 Å². The molecule has 1 fully saturated rings. The zero-order valence-corrected chi connectivity index (χ0v) is 14.8. The van der Waals surface area contributed by atoms with Crippen LogP contribution in [0.25, 0.3) is 0 Å². The standard InChI is InChI=1S/C18H22BrNS/c1-20-17(18-16(19)11-12-21-18)15-9-7-14(8-10-15)13-5-3-2-4-6-13/h7-13,17,20H,2-6H2,1H3. The van der Waals surface area contributed by atoms with Gasteiger partial charge in [-0.05, 0) is 64.3 Å². The molecule has 1 aliphatic rings. The average Bonchev–Trinajstić information content (AvgIpc) is 2.96. The fraction of sp³-hybridized carbons (Fsp3) is 0.444. The zero-order valence-electron chi connectivity index (χ0n) is 12.4. The first kappa shape index (κ1) is 15.3. The Morgan fingerprint density at radius 1 is 1.10 bits per heavy atom. The Labute approximate surface area is 139 Å². The van der Waals surface area contributed by atoms with Gasteiger partial charge < -0.3 is 5.32 Å². The van der Waals surface area contributed by atoms with Crippen molar-refractivity contribution in [2.24, 2.45) is 0 Å². The van der Waals surface area contributed by atoms with Crippen molar-refractivity contribution in [2.45, 2.75) is 44.1 Å². The van der Waals surface area contributed by atoms with Crippen LogP contribution in [0.3, 0.4) is 0 Å². The summed E-state index contributed by atoms with van der Waals surface area (Å²) in [5, 5.41) is 5.58. The molecule has 2 aromatic rings. The van der Waals surface area contributed by atoms with E-state index in [4.69, 9.17) is 0 Å². The summed E-state index contributed by atoms with van der Waals surface area (Å²) in [5.41, 5.74) is 2.87. The second-order valence-electron chi connectivity index (χ2n) is 5.86. The number of rotatable bonds is 4. The van der Waals surface area contributed by atoms with Crippen LogP contribution in [0.1, 0.15) is 60.1 Å². The molecule has 0 aliphatic heterocycles. The SMILES string of the molecule is CNC(c1ccc(C2CCCCC2)cc1)c1sccc1Br. The number of nitrogens with one attached hydrogen (secondary N) is 1. The van der Waals surface area contributed by atoms with Crippen LogP contribution in [-0.4, -0.2) is 7.05 Å². The number of thiophene rings is 1. The molecular formula is C18H22BrNS. The van der Waals surface area contributed by atoms with Crippen LogP contribution in [0.5, 0.6) is 0 Å². The molecule has 3 heteroatoms. The van der Waals surface area contributed by atoms with Crippen LogP contribution in [0, 0.1) is 0 Å². The van der Waals surface area contributed by atoms with E-state index >= 15 is 0 Å². The van der Waals surface area contributed by atoms with Crippen molar-refractivity contribution in [2.75, 3.05) is 7.05 Å². The van der Waals surface area contributed by atoms with Crippen molar-refractivity contribution in [1.29, 1.82) is 0 Å². The lowest BCUT2D eigenvalue weighted by molar-refractivity contribution is 0.443. The Hall–Kier alpha value is -0.640.